The van der Waals surface area contributed by atoms with E-state index in [0.717, 1.165) is 4.88 Å². The van der Waals surface area contributed by atoms with Gasteiger partial charge in [0.1, 0.15) is 5.76 Å². The number of nitrogens with one attached hydrogen (secondary N) is 1. The molecule has 2 N–H and O–H groups in total. The summed E-state index contributed by atoms with van der Waals surface area (Å²) in [4.78, 5) is 23.8. The fourth-order valence-electron chi connectivity index (χ4n) is 1.98. The fraction of sp³-hybridized carbons (Fsp3) is 0.133. The number of nitrogens with zero attached hydrogens (tertiary/aromatic N) is 1. The Morgan fingerprint density at radius 1 is 1.39 bits per heavy atom. The Bertz CT molecular complexity index is 847. The van der Waals surface area contributed by atoms with Crippen LogP contribution in [0.4, 0.5) is 0 Å². The number of furan rings is 1. The highest BCUT2D eigenvalue weighted by Crippen LogP contribution is 2.25. The topological polar surface area (TPSA) is 106 Å². The minimum Gasteiger partial charge on any atom is -0.475 e. The molecule has 0 spiro atoms. The molecule has 7 nitrogen and oxygen atoms in total. The molecule has 0 saturated heterocycles. The summed E-state index contributed by atoms with van der Waals surface area (Å²) in [5, 5.41) is 17.2. The summed E-state index contributed by atoms with van der Waals surface area (Å²) in [5.41, 5.74) is 0.755. The van der Waals surface area contributed by atoms with Gasteiger partial charge in [0.15, 0.2) is 11.5 Å². The Labute approximate surface area is 134 Å². The molecule has 3 heterocycles. The van der Waals surface area contributed by atoms with Gasteiger partial charge in [-0.05, 0) is 24.4 Å². The average molecular weight is 332 g/mol. The monoisotopic (exact) mass is 332 g/mol. The van der Waals surface area contributed by atoms with Gasteiger partial charge < -0.3 is 19.4 Å². The number of carboxylic acid groups (broad SMARTS) is 1. The molecular weight excluding hydrogens is 320 g/mol. The standard InChI is InChI=1S/C15H12N2O5S/c1-8-9(5-12(21-8)15(19)20)7-16-14(18)10-6-11(22-17-10)13-3-2-4-23-13/h2-6H,7H2,1H3,(H,16,18)(H,19,20). The number of carboxylic acids is 1. The molecular formula is C15H12N2O5S. The summed E-state index contributed by atoms with van der Waals surface area (Å²) >= 11 is 1.49. The van der Waals surface area contributed by atoms with Crippen molar-refractivity contribution in [3.63, 3.8) is 0 Å². The van der Waals surface area contributed by atoms with Crippen LogP contribution in [0, 0.1) is 6.92 Å². The molecule has 0 aromatic carbocycles. The van der Waals surface area contributed by atoms with Crippen LogP contribution in [0.25, 0.3) is 10.6 Å². The number of rotatable bonds is 5. The van der Waals surface area contributed by atoms with Crippen LogP contribution in [-0.2, 0) is 6.54 Å². The van der Waals surface area contributed by atoms with Crippen molar-refractivity contribution in [2.45, 2.75) is 13.5 Å². The summed E-state index contributed by atoms with van der Waals surface area (Å²) in [6, 6.07) is 6.70. The second-order valence-corrected chi connectivity index (χ2v) is 5.68. The third-order valence-electron chi connectivity index (χ3n) is 3.18. The molecule has 3 aromatic rings. The predicted molar refractivity (Wildman–Crippen MR) is 81.4 cm³/mol. The zero-order valence-corrected chi connectivity index (χ0v) is 12.8. The zero-order valence-electron chi connectivity index (χ0n) is 12.0. The number of aromatic carboxylic acids is 1. The first kappa shape index (κ1) is 15.0. The number of hydrogen-bond donors (Lipinski definition) is 2. The highest BCUT2D eigenvalue weighted by Gasteiger charge is 2.16. The number of hydrogen-bond acceptors (Lipinski definition) is 6. The molecule has 0 fully saturated rings. The summed E-state index contributed by atoms with van der Waals surface area (Å²) < 4.78 is 10.2. The fourth-order valence-corrected chi connectivity index (χ4v) is 2.66. The molecule has 3 rings (SSSR count). The predicted octanol–water partition coefficient (Wildman–Crippen LogP) is 2.93. The molecule has 0 bridgehead atoms. The Hall–Kier alpha value is -2.87. The second kappa shape index (κ2) is 6.09. The van der Waals surface area contributed by atoms with Gasteiger partial charge in [0.25, 0.3) is 5.91 Å². The van der Waals surface area contributed by atoms with Gasteiger partial charge >= 0.3 is 5.97 Å². The van der Waals surface area contributed by atoms with Gasteiger partial charge in [-0.1, -0.05) is 11.2 Å². The number of carbonyl (C=O) groups excluding carboxylic acids is 1. The minimum absolute atomic E-state index is 0.142. The van der Waals surface area contributed by atoms with Crippen molar-refractivity contribution < 1.29 is 23.6 Å². The maximum Gasteiger partial charge on any atom is 0.371 e. The van der Waals surface area contributed by atoms with E-state index in [0.29, 0.717) is 17.1 Å². The van der Waals surface area contributed by atoms with Gasteiger partial charge in [-0.2, -0.15) is 0 Å². The Morgan fingerprint density at radius 2 is 2.22 bits per heavy atom. The molecule has 0 aliphatic heterocycles. The molecule has 1 amide bonds. The third kappa shape index (κ3) is 3.16. The number of thiophene rings is 1. The van der Waals surface area contributed by atoms with Gasteiger partial charge in [0.05, 0.1) is 4.88 Å². The lowest BCUT2D eigenvalue weighted by Crippen LogP contribution is -2.23. The van der Waals surface area contributed by atoms with Crippen molar-refractivity contribution in [1.82, 2.24) is 10.5 Å². The molecule has 0 saturated carbocycles. The van der Waals surface area contributed by atoms with Gasteiger partial charge in [-0.15, -0.1) is 11.3 Å². The normalized spacial score (nSPS) is 10.7. The second-order valence-electron chi connectivity index (χ2n) is 4.73. The van der Waals surface area contributed by atoms with E-state index in [-0.39, 0.29) is 18.0 Å². The van der Waals surface area contributed by atoms with Crippen LogP contribution >= 0.6 is 11.3 Å². The SMILES string of the molecule is Cc1oc(C(=O)O)cc1CNC(=O)c1cc(-c2cccs2)on1. The number of carbonyl (C=O) groups is 2. The Kier molecular flexibility index (Phi) is 3.98. The van der Waals surface area contributed by atoms with Gasteiger partial charge in [-0.25, -0.2) is 4.79 Å². The molecule has 0 atom stereocenters. The first-order valence-electron chi connectivity index (χ1n) is 6.66. The highest BCUT2D eigenvalue weighted by atomic mass is 32.1. The van der Waals surface area contributed by atoms with Gasteiger partial charge in [0, 0.05) is 18.2 Å². The van der Waals surface area contributed by atoms with E-state index in [4.69, 9.17) is 14.0 Å². The van der Waals surface area contributed by atoms with Gasteiger partial charge in [-0.3, -0.25) is 4.79 Å². The lowest BCUT2D eigenvalue weighted by Gasteiger charge is -2.00. The van der Waals surface area contributed by atoms with Crippen molar-refractivity contribution >= 4 is 23.2 Å². The molecule has 118 valence electrons. The molecule has 23 heavy (non-hydrogen) atoms. The highest BCUT2D eigenvalue weighted by molar-refractivity contribution is 7.13. The van der Waals surface area contributed by atoms with Crippen molar-refractivity contribution in [3.8, 4) is 10.6 Å². The maximum absolute atomic E-state index is 12.1. The maximum atomic E-state index is 12.1. The van der Waals surface area contributed by atoms with Crippen LogP contribution in [0.5, 0.6) is 0 Å². The number of amides is 1. The van der Waals surface area contributed by atoms with E-state index in [1.54, 1.807) is 13.0 Å². The van der Waals surface area contributed by atoms with Crippen molar-refractivity contribution in [2.75, 3.05) is 0 Å². The lowest BCUT2D eigenvalue weighted by atomic mass is 10.2. The first-order chi connectivity index (χ1) is 11.0. The molecule has 0 unspecified atom stereocenters. The number of aryl methyl sites for hydroxylation is 1. The summed E-state index contributed by atoms with van der Waals surface area (Å²) in [7, 11) is 0. The van der Waals surface area contributed by atoms with Crippen LogP contribution in [0.2, 0.25) is 0 Å². The minimum atomic E-state index is -1.15. The zero-order chi connectivity index (χ0) is 16.4. The Balaban J connectivity index is 1.67. The van der Waals surface area contributed by atoms with E-state index in [9.17, 15) is 9.59 Å². The first-order valence-corrected chi connectivity index (χ1v) is 7.54. The summed E-state index contributed by atoms with van der Waals surface area (Å²) in [6.07, 6.45) is 0. The quantitative estimate of drug-likeness (QED) is 0.744. The smallest absolute Gasteiger partial charge is 0.371 e. The molecule has 8 heteroatoms. The lowest BCUT2D eigenvalue weighted by molar-refractivity contribution is 0.0660. The van der Waals surface area contributed by atoms with E-state index >= 15 is 0 Å². The summed E-state index contributed by atoms with van der Waals surface area (Å²) in [5.74, 6) is -0.745. The summed E-state index contributed by atoms with van der Waals surface area (Å²) in [6.45, 7) is 1.78. The van der Waals surface area contributed by atoms with E-state index < -0.39 is 11.9 Å². The van der Waals surface area contributed by atoms with Gasteiger partial charge in [0.2, 0.25) is 5.76 Å². The van der Waals surface area contributed by atoms with Crippen LogP contribution in [0.1, 0.15) is 32.4 Å². The van der Waals surface area contributed by atoms with Crippen molar-refractivity contribution in [3.05, 3.63) is 52.4 Å². The van der Waals surface area contributed by atoms with E-state index in [1.165, 1.54) is 17.4 Å². The van der Waals surface area contributed by atoms with Crippen LogP contribution in [0.3, 0.4) is 0 Å². The van der Waals surface area contributed by atoms with Crippen LogP contribution in [0.15, 0.2) is 38.6 Å². The van der Waals surface area contributed by atoms with E-state index in [2.05, 4.69) is 10.5 Å². The molecule has 0 aliphatic carbocycles. The molecule has 0 radical (unpaired) electrons. The molecule has 0 aliphatic rings. The average Bonchev–Trinajstić information content (AvgIpc) is 3.24. The third-order valence-corrected chi connectivity index (χ3v) is 4.06. The Morgan fingerprint density at radius 3 is 2.87 bits per heavy atom. The largest absolute Gasteiger partial charge is 0.475 e. The van der Waals surface area contributed by atoms with Crippen molar-refractivity contribution in [1.29, 1.82) is 0 Å². The van der Waals surface area contributed by atoms with Crippen molar-refractivity contribution in [2.24, 2.45) is 0 Å². The van der Waals surface area contributed by atoms with Crippen LogP contribution < -0.4 is 5.32 Å². The molecule has 3 aromatic heterocycles. The van der Waals surface area contributed by atoms with E-state index in [1.807, 2.05) is 17.5 Å². The number of aromatic nitrogens is 1. The van der Waals surface area contributed by atoms with Crippen LogP contribution in [-0.4, -0.2) is 22.1 Å².